The van der Waals surface area contributed by atoms with Crippen molar-refractivity contribution in [3.63, 3.8) is 0 Å². The zero-order chi connectivity index (χ0) is 13.1. The molecule has 1 aromatic heterocycles. The molecule has 1 aliphatic rings. The molecular weight excluding hydrogens is 239 g/mol. The van der Waals surface area contributed by atoms with E-state index < -0.39 is 11.8 Å². The van der Waals surface area contributed by atoms with Gasteiger partial charge in [0.2, 0.25) is 0 Å². The molecule has 0 radical (unpaired) electrons. The minimum absolute atomic E-state index is 0.145. The molecule has 1 aromatic rings. The SMILES string of the molecule is CC1OCCC1CNc1ncc(F)cc1C(=O)O. The lowest BCUT2D eigenvalue weighted by molar-refractivity contribution is 0.0697. The molecule has 2 heterocycles. The van der Waals surface area contributed by atoms with Gasteiger partial charge in [-0.25, -0.2) is 14.2 Å². The van der Waals surface area contributed by atoms with Gasteiger partial charge in [0, 0.05) is 19.1 Å². The molecule has 2 atom stereocenters. The fourth-order valence-electron chi connectivity index (χ4n) is 2.02. The molecule has 0 saturated carbocycles. The van der Waals surface area contributed by atoms with Crippen molar-refractivity contribution in [2.24, 2.45) is 5.92 Å². The van der Waals surface area contributed by atoms with Gasteiger partial charge in [-0.2, -0.15) is 0 Å². The van der Waals surface area contributed by atoms with Crippen LogP contribution in [0.4, 0.5) is 10.2 Å². The second-order valence-corrected chi connectivity index (χ2v) is 4.36. The second kappa shape index (κ2) is 5.30. The summed E-state index contributed by atoms with van der Waals surface area (Å²) in [6, 6.07) is 0.965. The third kappa shape index (κ3) is 2.76. The summed E-state index contributed by atoms with van der Waals surface area (Å²) in [5.41, 5.74) is -0.151. The van der Waals surface area contributed by atoms with Gasteiger partial charge in [0.25, 0.3) is 0 Å². The molecule has 6 heteroatoms. The smallest absolute Gasteiger partial charge is 0.339 e. The van der Waals surface area contributed by atoms with Gasteiger partial charge in [0.1, 0.15) is 17.2 Å². The Morgan fingerprint density at radius 2 is 2.50 bits per heavy atom. The number of aromatic nitrogens is 1. The molecule has 0 aliphatic carbocycles. The third-order valence-electron chi connectivity index (χ3n) is 3.15. The van der Waals surface area contributed by atoms with Crippen molar-refractivity contribution in [3.8, 4) is 0 Å². The van der Waals surface area contributed by atoms with Crippen LogP contribution >= 0.6 is 0 Å². The standard InChI is InChI=1S/C12H15FN2O3/c1-7-8(2-3-18-7)5-14-11-10(12(16)17)4-9(13)6-15-11/h4,6-8H,2-3,5H2,1H3,(H,14,15)(H,16,17). The number of hydrogen-bond donors (Lipinski definition) is 2. The first kappa shape index (κ1) is 12.8. The Bertz CT molecular complexity index is 453. The molecule has 0 amide bonds. The molecule has 98 valence electrons. The third-order valence-corrected chi connectivity index (χ3v) is 3.15. The first-order chi connectivity index (χ1) is 8.58. The summed E-state index contributed by atoms with van der Waals surface area (Å²) >= 11 is 0. The zero-order valence-corrected chi connectivity index (χ0v) is 10.0. The molecule has 0 spiro atoms. The molecule has 1 saturated heterocycles. The van der Waals surface area contributed by atoms with E-state index in [-0.39, 0.29) is 17.5 Å². The predicted molar refractivity (Wildman–Crippen MR) is 63.2 cm³/mol. The van der Waals surface area contributed by atoms with Crippen molar-refractivity contribution in [2.75, 3.05) is 18.5 Å². The number of hydrogen-bond acceptors (Lipinski definition) is 4. The number of carboxylic acids is 1. The molecule has 1 fully saturated rings. The van der Waals surface area contributed by atoms with Crippen LogP contribution in [0.2, 0.25) is 0 Å². The number of anilines is 1. The summed E-state index contributed by atoms with van der Waals surface area (Å²) in [6.45, 7) is 3.27. The Morgan fingerprint density at radius 1 is 1.72 bits per heavy atom. The molecule has 5 nitrogen and oxygen atoms in total. The van der Waals surface area contributed by atoms with E-state index in [9.17, 15) is 9.18 Å². The summed E-state index contributed by atoms with van der Waals surface area (Å²) in [6.07, 6.45) is 2.08. The first-order valence-corrected chi connectivity index (χ1v) is 5.82. The number of carbonyl (C=O) groups is 1. The van der Waals surface area contributed by atoms with Crippen LogP contribution in [-0.4, -0.2) is 35.3 Å². The van der Waals surface area contributed by atoms with Gasteiger partial charge in [-0.3, -0.25) is 0 Å². The molecular formula is C12H15FN2O3. The van der Waals surface area contributed by atoms with Gasteiger partial charge < -0.3 is 15.2 Å². The highest BCUT2D eigenvalue weighted by atomic mass is 19.1. The molecule has 0 aromatic carbocycles. The maximum Gasteiger partial charge on any atom is 0.339 e. The quantitative estimate of drug-likeness (QED) is 0.856. The van der Waals surface area contributed by atoms with Crippen LogP contribution < -0.4 is 5.32 Å². The molecule has 1 aliphatic heterocycles. The average Bonchev–Trinajstić information content (AvgIpc) is 2.73. The number of carboxylic acid groups (broad SMARTS) is 1. The summed E-state index contributed by atoms with van der Waals surface area (Å²) in [5.74, 6) is -1.34. The van der Waals surface area contributed by atoms with Crippen molar-refractivity contribution >= 4 is 11.8 Å². The van der Waals surface area contributed by atoms with E-state index in [4.69, 9.17) is 9.84 Å². The molecule has 2 rings (SSSR count). The summed E-state index contributed by atoms with van der Waals surface area (Å²) < 4.78 is 18.4. The van der Waals surface area contributed by atoms with Gasteiger partial charge in [-0.05, 0) is 19.4 Å². The van der Waals surface area contributed by atoms with E-state index >= 15 is 0 Å². The van der Waals surface area contributed by atoms with Gasteiger partial charge >= 0.3 is 5.97 Å². The van der Waals surface area contributed by atoms with Crippen molar-refractivity contribution in [2.45, 2.75) is 19.4 Å². The number of aromatic carboxylic acids is 1. The highest BCUT2D eigenvalue weighted by molar-refractivity contribution is 5.93. The van der Waals surface area contributed by atoms with Crippen LogP contribution in [0.3, 0.4) is 0 Å². The van der Waals surface area contributed by atoms with Gasteiger partial charge in [-0.15, -0.1) is 0 Å². The Morgan fingerprint density at radius 3 is 3.11 bits per heavy atom. The molecule has 2 N–H and O–H groups in total. The molecule has 0 bridgehead atoms. The highest BCUT2D eigenvalue weighted by Gasteiger charge is 2.24. The van der Waals surface area contributed by atoms with E-state index in [1.165, 1.54) is 0 Å². The molecule has 2 unspecified atom stereocenters. The van der Waals surface area contributed by atoms with Crippen molar-refractivity contribution in [1.82, 2.24) is 4.98 Å². The van der Waals surface area contributed by atoms with Gasteiger partial charge in [0.05, 0.1) is 12.3 Å². The van der Waals surface area contributed by atoms with Gasteiger partial charge in [-0.1, -0.05) is 0 Å². The Balaban J connectivity index is 2.06. The van der Waals surface area contributed by atoms with Crippen LogP contribution in [0.15, 0.2) is 12.3 Å². The highest BCUT2D eigenvalue weighted by Crippen LogP contribution is 2.21. The lowest BCUT2D eigenvalue weighted by Gasteiger charge is -2.16. The largest absolute Gasteiger partial charge is 0.478 e. The lowest BCUT2D eigenvalue weighted by Crippen LogP contribution is -2.22. The fraction of sp³-hybridized carbons (Fsp3) is 0.500. The number of rotatable bonds is 4. The monoisotopic (exact) mass is 254 g/mol. The van der Waals surface area contributed by atoms with E-state index in [0.717, 1.165) is 25.3 Å². The lowest BCUT2D eigenvalue weighted by atomic mass is 10.0. The number of nitrogens with zero attached hydrogens (tertiary/aromatic N) is 1. The minimum atomic E-state index is -1.19. The maximum atomic E-state index is 12.9. The maximum absolute atomic E-state index is 12.9. The number of nitrogens with one attached hydrogen (secondary N) is 1. The summed E-state index contributed by atoms with van der Waals surface area (Å²) in [5, 5.41) is 11.9. The average molecular weight is 254 g/mol. The van der Waals surface area contributed by atoms with Crippen LogP contribution in [0, 0.1) is 11.7 Å². The summed E-state index contributed by atoms with van der Waals surface area (Å²) in [7, 11) is 0. The van der Waals surface area contributed by atoms with E-state index in [2.05, 4.69) is 10.3 Å². The number of ether oxygens (including phenoxy) is 1. The van der Waals surface area contributed by atoms with Gasteiger partial charge in [0.15, 0.2) is 0 Å². The number of halogens is 1. The first-order valence-electron chi connectivity index (χ1n) is 5.82. The predicted octanol–water partition coefficient (Wildman–Crippen LogP) is 1.76. The topological polar surface area (TPSA) is 71.5 Å². The summed E-state index contributed by atoms with van der Waals surface area (Å²) in [4.78, 5) is 14.7. The zero-order valence-electron chi connectivity index (χ0n) is 10.0. The van der Waals surface area contributed by atoms with Crippen molar-refractivity contribution in [1.29, 1.82) is 0 Å². The Labute approximate surface area is 104 Å². The number of pyridine rings is 1. The normalized spacial score (nSPS) is 23.0. The Kier molecular flexibility index (Phi) is 3.76. The van der Waals surface area contributed by atoms with Crippen molar-refractivity contribution in [3.05, 3.63) is 23.6 Å². The van der Waals surface area contributed by atoms with E-state index in [0.29, 0.717) is 12.5 Å². The van der Waals surface area contributed by atoms with Crippen LogP contribution in [0.5, 0.6) is 0 Å². The Hall–Kier alpha value is -1.69. The van der Waals surface area contributed by atoms with Crippen LogP contribution in [-0.2, 0) is 4.74 Å². The van der Waals surface area contributed by atoms with E-state index in [1.54, 1.807) is 0 Å². The minimum Gasteiger partial charge on any atom is -0.478 e. The van der Waals surface area contributed by atoms with Crippen LogP contribution in [0.1, 0.15) is 23.7 Å². The second-order valence-electron chi connectivity index (χ2n) is 4.36. The van der Waals surface area contributed by atoms with E-state index in [1.807, 2.05) is 6.92 Å². The van der Waals surface area contributed by atoms with Crippen molar-refractivity contribution < 1.29 is 19.0 Å². The van der Waals surface area contributed by atoms with Crippen LogP contribution in [0.25, 0.3) is 0 Å². The molecule has 18 heavy (non-hydrogen) atoms. The fourth-order valence-corrected chi connectivity index (χ4v) is 2.02.